The summed E-state index contributed by atoms with van der Waals surface area (Å²) in [6.07, 6.45) is 8.70. The molecule has 4 aromatic rings. The highest BCUT2D eigenvalue weighted by Crippen LogP contribution is 2.32. The molecule has 0 saturated heterocycles. The number of hydrogen-bond acceptors (Lipinski definition) is 2. The first-order valence-corrected chi connectivity index (χ1v) is 11.7. The Kier molecular flexibility index (Phi) is 6.36. The van der Waals surface area contributed by atoms with Crippen LogP contribution in [0, 0.1) is 0 Å². The number of fused-ring (bicyclic) bond motifs is 1. The topological polar surface area (TPSA) is 56.9 Å². The quantitative estimate of drug-likeness (QED) is 0.324. The molecule has 3 aromatic carbocycles. The maximum atomic E-state index is 12.8. The summed E-state index contributed by atoms with van der Waals surface area (Å²) in [6.45, 7) is 1.00. The van der Waals surface area contributed by atoms with Crippen LogP contribution in [0.25, 0.3) is 16.5 Å². The Labute approximate surface area is 194 Å². The minimum atomic E-state index is -0.0875. The molecule has 1 heterocycles. The molecule has 0 saturated carbocycles. The average Bonchev–Trinajstić information content (AvgIpc) is 3.29. The van der Waals surface area contributed by atoms with E-state index in [0.717, 1.165) is 48.8 Å². The minimum absolute atomic E-state index is 0.0875. The van der Waals surface area contributed by atoms with E-state index in [-0.39, 0.29) is 5.91 Å². The second-order valence-electron chi connectivity index (χ2n) is 8.67. The van der Waals surface area contributed by atoms with Gasteiger partial charge in [0, 0.05) is 40.0 Å². The SMILES string of the molecule is O=C(Nc1ccccc1)c1ccc2[nH]cc(C3=CCC(NCCc4ccccc4)CC3)c2c1. The predicted octanol–water partition coefficient (Wildman–Crippen LogP) is 6.19. The van der Waals surface area contributed by atoms with Crippen LogP contribution in [0.4, 0.5) is 5.69 Å². The molecule has 1 amide bonds. The first-order chi connectivity index (χ1) is 16.3. The van der Waals surface area contributed by atoms with Crippen molar-refractivity contribution in [1.29, 1.82) is 0 Å². The number of carbonyl (C=O) groups is 1. The van der Waals surface area contributed by atoms with Crippen LogP contribution >= 0.6 is 0 Å². The Hall–Kier alpha value is -3.63. The fourth-order valence-corrected chi connectivity index (χ4v) is 4.58. The maximum Gasteiger partial charge on any atom is 0.255 e. The molecule has 1 unspecified atom stereocenters. The van der Waals surface area contributed by atoms with Gasteiger partial charge in [-0.3, -0.25) is 4.79 Å². The summed E-state index contributed by atoms with van der Waals surface area (Å²) in [7, 11) is 0. The summed E-state index contributed by atoms with van der Waals surface area (Å²) < 4.78 is 0. The molecule has 5 rings (SSSR count). The third-order valence-electron chi connectivity index (χ3n) is 6.42. The minimum Gasteiger partial charge on any atom is -0.361 e. The highest BCUT2D eigenvalue weighted by atomic mass is 16.1. The smallest absolute Gasteiger partial charge is 0.255 e. The van der Waals surface area contributed by atoms with E-state index in [0.29, 0.717) is 11.6 Å². The monoisotopic (exact) mass is 435 g/mol. The number of H-pyrrole nitrogens is 1. The largest absolute Gasteiger partial charge is 0.361 e. The summed E-state index contributed by atoms with van der Waals surface area (Å²) in [4.78, 5) is 16.1. The number of aromatic nitrogens is 1. The summed E-state index contributed by atoms with van der Waals surface area (Å²) in [5.74, 6) is -0.0875. The third-order valence-corrected chi connectivity index (χ3v) is 6.42. The fourth-order valence-electron chi connectivity index (χ4n) is 4.58. The molecule has 1 aliphatic rings. The molecular weight excluding hydrogens is 406 g/mol. The molecule has 3 N–H and O–H groups in total. The predicted molar refractivity (Wildman–Crippen MR) is 136 cm³/mol. The molecule has 1 atom stereocenters. The van der Waals surface area contributed by atoms with Crippen molar-refractivity contribution in [3.63, 3.8) is 0 Å². The Morgan fingerprint density at radius 1 is 0.970 bits per heavy atom. The lowest BCUT2D eigenvalue weighted by Crippen LogP contribution is -2.31. The van der Waals surface area contributed by atoms with Gasteiger partial charge in [-0.15, -0.1) is 0 Å². The maximum absolute atomic E-state index is 12.8. The number of rotatable bonds is 7. The molecule has 0 bridgehead atoms. The second kappa shape index (κ2) is 9.88. The average molecular weight is 436 g/mol. The number of hydrogen-bond donors (Lipinski definition) is 3. The number of amides is 1. The van der Waals surface area contributed by atoms with Gasteiger partial charge in [-0.2, -0.15) is 0 Å². The first kappa shape index (κ1) is 21.2. The van der Waals surface area contributed by atoms with Gasteiger partial charge in [-0.1, -0.05) is 54.6 Å². The molecule has 0 aliphatic heterocycles. The number of carbonyl (C=O) groups excluding carboxylic acids is 1. The third kappa shape index (κ3) is 5.07. The van der Waals surface area contributed by atoms with Gasteiger partial charge in [0.2, 0.25) is 0 Å². The van der Waals surface area contributed by atoms with Crippen molar-refractivity contribution in [1.82, 2.24) is 10.3 Å². The number of para-hydroxylation sites is 1. The summed E-state index contributed by atoms with van der Waals surface area (Å²) in [5.41, 5.74) is 6.49. The molecule has 4 nitrogen and oxygen atoms in total. The lowest BCUT2D eigenvalue weighted by molar-refractivity contribution is 0.102. The Bertz CT molecular complexity index is 1260. The van der Waals surface area contributed by atoms with E-state index >= 15 is 0 Å². The van der Waals surface area contributed by atoms with Gasteiger partial charge in [-0.05, 0) is 73.7 Å². The molecule has 166 valence electrons. The van der Waals surface area contributed by atoms with Crippen LogP contribution < -0.4 is 10.6 Å². The summed E-state index contributed by atoms with van der Waals surface area (Å²) in [6, 6.07) is 26.6. The van der Waals surface area contributed by atoms with Crippen molar-refractivity contribution < 1.29 is 4.79 Å². The zero-order valence-corrected chi connectivity index (χ0v) is 18.7. The molecule has 0 radical (unpaired) electrons. The molecule has 33 heavy (non-hydrogen) atoms. The Balaban J connectivity index is 1.25. The molecule has 1 aliphatic carbocycles. The highest BCUT2D eigenvalue weighted by molar-refractivity contribution is 6.07. The molecule has 0 spiro atoms. The molecule has 4 heteroatoms. The van der Waals surface area contributed by atoms with Crippen LogP contribution in [0.15, 0.2) is 91.1 Å². The highest BCUT2D eigenvalue weighted by Gasteiger charge is 2.18. The first-order valence-electron chi connectivity index (χ1n) is 11.7. The molecule has 1 aromatic heterocycles. The van der Waals surface area contributed by atoms with Crippen molar-refractivity contribution in [2.75, 3.05) is 11.9 Å². The van der Waals surface area contributed by atoms with Gasteiger partial charge in [0.15, 0.2) is 0 Å². The van der Waals surface area contributed by atoms with E-state index in [9.17, 15) is 4.79 Å². The van der Waals surface area contributed by atoms with Gasteiger partial charge < -0.3 is 15.6 Å². The lowest BCUT2D eigenvalue weighted by Gasteiger charge is -2.23. The fraction of sp³-hybridized carbons (Fsp3) is 0.207. The van der Waals surface area contributed by atoms with Crippen LogP contribution in [-0.2, 0) is 6.42 Å². The molecular formula is C29H29N3O. The van der Waals surface area contributed by atoms with E-state index in [1.807, 2.05) is 48.5 Å². The van der Waals surface area contributed by atoms with E-state index < -0.39 is 0 Å². The van der Waals surface area contributed by atoms with E-state index in [1.165, 1.54) is 16.7 Å². The van der Waals surface area contributed by atoms with Gasteiger partial charge in [0.25, 0.3) is 5.91 Å². The normalized spacial score (nSPS) is 15.9. The van der Waals surface area contributed by atoms with Crippen LogP contribution in [0.1, 0.15) is 40.7 Å². The van der Waals surface area contributed by atoms with Gasteiger partial charge in [0.1, 0.15) is 0 Å². The van der Waals surface area contributed by atoms with E-state index in [1.54, 1.807) is 0 Å². The van der Waals surface area contributed by atoms with Gasteiger partial charge in [0.05, 0.1) is 0 Å². The summed E-state index contributed by atoms with van der Waals surface area (Å²) in [5, 5.41) is 7.80. The number of aromatic amines is 1. The Morgan fingerprint density at radius 3 is 2.52 bits per heavy atom. The van der Waals surface area contributed by atoms with Crippen LogP contribution in [0.3, 0.4) is 0 Å². The number of anilines is 1. The molecule has 0 fully saturated rings. The van der Waals surface area contributed by atoms with E-state index in [4.69, 9.17) is 0 Å². The van der Waals surface area contributed by atoms with Crippen LogP contribution in [-0.4, -0.2) is 23.5 Å². The number of benzene rings is 3. The van der Waals surface area contributed by atoms with Gasteiger partial charge in [-0.25, -0.2) is 0 Å². The van der Waals surface area contributed by atoms with Crippen LogP contribution in [0.5, 0.6) is 0 Å². The second-order valence-corrected chi connectivity index (χ2v) is 8.67. The van der Waals surface area contributed by atoms with Crippen molar-refractivity contribution in [3.05, 3.63) is 108 Å². The van der Waals surface area contributed by atoms with E-state index in [2.05, 4.69) is 58.2 Å². The zero-order chi connectivity index (χ0) is 22.5. The standard InChI is InChI=1S/C29H29N3O/c33-29(32-25-9-5-2-6-10-25)23-13-16-28-26(19-23)27(20-31-28)22-11-14-24(15-12-22)30-18-17-21-7-3-1-4-8-21/h1-11,13,16,19-20,24,30-31H,12,14-15,17-18H2,(H,32,33). The lowest BCUT2D eigenvalue weighted by atomic mass is 9.90. The van der Waals surface area contributed by atoms with Gasteiger partial charge >= 0.3 is 0 Å². The summed E-state index contributed by atoms with van der Waals surface area (Å²) >= 11 is 0. The van der Waals surface area contributed by atoms with Crippen molar-refractivity contribution in [2.45, 2.75) is 31.7 Å². The zero-order valence-electron chi connectivity index (χ0n) is 18.7. The Morgan fingerprint density at radius 2 is 1.76 bits per heavy atom. The van der Waals surface area contributed by atoms with Crippen molar-refractivity contribution in [3.8, 4) is 0 Å². The number of allylic oxidation sites excluding steroid dienone is 1. The van der Waals surface area contributed by atoms with Crippen molar-refractivity contribution >= 4 is 28.1 Å². The van der Waals surface area contributed by atoms with Crippen LogP contribution in [0.2, 0.25) is 0 Å². The number of nitrogens with one attached hydrogen (secondary N) is 3. The van der Waals surface area contributed by atoms with Crippen molar-refractivity contribution in [2.24, 2.45) is 0 Å².